The number of hydrogen-bond donors (Lipinski definition) is 1. The number of nitriles is 1. The first-order chi connectivity index (χ1) is 9.16. The van der Waals surface area contributed by atoms with Gasteiger partial charge in [0.15, 0.2) is 0 Å². The van der Waals surface area contributed by atoms with E-state index in [-0.39, 0.29) is 0 Å². The highest BCUT2D eigenvalue weighted by molar-refractivity contribution is 6.32. The second-order valence-electron chi connectivity index (χ2n) is 4.82. The van der Waals surface area contributed by atoms with Crippen LogP contribution in [0.4, 0.5) is 11.5 Å². The molecule has 1 saturated carbocycles. The molecule has 1 fully saturated rings. The highest BCUT2D eigenvalue weighted by atomic mass is 35.5. The molecule has 2 aromatic rings. The molecule has 19 heavy (non-hydrogen) atoms. The molecule has 4 nitrogen and oxygen atoms in total. The number of nitrogens with one attached hydrogen (secondary N) is 1. The minimum absolute atomic E-state index is 0.417. The molecule has 1 heterocycles. The molecule has 0 bridgehead atoms. The Labute approximate surface area is 116 Å². The standard InChI is InChI=1S/C14H13ClN4/c1-19-12(5-8-17-19)18-11-4-2-3-10(15)13(11)14(9-16)6-7-14/h2-5,8,18H,6-7H2,1H3. The van der Waals surface area contributed by atoms with Crippen molar-refractivity contribution in [3.63, 3.8) is 0 Å². The predicted molar refractivity (Wildman–Crippen MR) is 74.5 cm³/mol. The lowest BCUT2D eigenvalue weighted by atomic mass is 9.95. The monoisotopic (exact) mass is 272 g/mol. The fraction of sp³-hybridized carbons (Fsp3) is 0.286. The van der Waals surface area contributed by atoms with Crippen molar-refractivity contribution in [1.82, 2.24) is 9.78 Å². The Morgan fingerprint density at radius 1 is 1.42 bits per heavy atom. The number of anilines is 2. The van der Waals surface area contributed by atoms with Crippen LogP contribution in [-0.4, -0.2) is 9.78 Å². The van der Waals surface area contributed by atoms with Crippen molar-refractivity contribution < 1.29 is 0 Å². The van der Waals surface area contributed by atoms with Crippen LogP contribution in [0.3, 0.4) is 0 Å². The smallest absolute Gasteiger partial charge is 0.128 e. The van der Waals surface area contributed by atoms with Gasteiger partial charge in [0.2, 0.25) is 0 Å². The van der Waals surface area contributed by atoms with Crippen LogP contribution in [0.2, 0.25) is 5.02 Å². The van der Waals surface area contributed by atoms with Crippen molar-refractivity contribution in [3.05, 3.63) is 41.0 Å². The van der Waals surface area contributed by atoms with Crippen LogP contribution in [0, 0.1) is 11.3 Å². The van der Waals surface area contributed by atoms with Crippen LogP contribution >= 0.6 is 11.6 Å². The van der Waals surface area contributed by atoms with E-state index in [1.54, 1.807) is 10.9 Å². The third-order valence-electron chi connectivity index (χ3n) is 3.54. The van der Waals surface area contributed by atoms with Gasteiger partial charge in [0.1, 0.15) is 5.82 Å². The summed E-state index contributed by atoms with van der Waals surface area (Å²) in [6.07, 6.45) is 3.46. The molecule has 1 aromatic heterocycles. The molecule has 1 aliphatic carbocycles. The Kier molecular flexibility index (Phi) is 2.72. The molecule has 0 unspecified atom stereocenters. The second kappa shape index (κ2) is 4.29. The van der Waals surface area contributed by atoms with Gasteiger partial charge in [-0.15, -0.1) is 0 Å². The number of halogens is 1. The summed E-state index contributed by atoms with van der Waals surface area (Å²) in [7, 11) is 1.86. The van der Waals surface area contributed by atoms with E-state index in [1.165, 1.54) is 0 Å². The lowest BCUT2D eigenvalue weighted by molar-refractivity contribution is 0.776. The summed E-state index contributed by atoms with van der Waals surface area (Å²) >= 11 is 6.30. The van der Waals surface area contributed by atoms with E-state index < -0.39 is 5.41 Å². The first-order valence-electron chi connectivity index (χ1n) is 6.11. The van der Waals surface area contributed by atoms with Crippen molar-refractivity contribution in [2.45, 2.75) is 18.3 Å². The van der Waals surface area contributed by atoms with Crippen molar-refractivity contribution in [2.24, 2.45) is 7.05 Å². The predicted octanol–water partition coefficient (Wildman–Crippen LogP) is 3.37. The lowest BCUT2D eigenvalue weighted by Gasteiger charge is -2.16. The summed E-state index contributed by atoms with van der Waals surface area (Å²) in [5.41, 5.74) is 1.37. The zero-order valence-electron chi connectivity index (χ0n) is 10.5. The van der Waals surface area contributed by atoms with Gasteiger partial charge in [-0.3, -0.25) is 4.68 Å². The fourth-order valence-electron chi connectivity index (χ4n) is 2.29. The average molecular weight is 273 g/mol. The highest BCUT2D eigenvalue weighted by Crippen LogP contribution is 2.52. The van der Waals surface area contributed by atoms with Crippen LogP contribution in [0.5, 0.6) is 0 Å². The van der Waals surface area contributed by atoms with Gasteiger partial charge in [-0.05, 0) is 25.0 Å². The van der Waals surface area contributed by atoms with Gasteiger partial charge in [0.25, 0.3) is 0 Å². The van der Waals surface area contributed by atoms with Gasteiger partial charge in [-0.2, -0.15) is 10.4 Å². The van der Waals surface area contributed by atoms with Crippen molar-refractivity contribution in [3.8, 4) is 6.07 Å². The van der Waals surface area contributed by atoms with Gasteiger partial charge in [-0.1, -0.05) is 17.7 Å². The lowest BCUT2D eigenvalue weighted by Crippen LogP contribution is -2.09. The molecule has 1 N–H and O–H groups in total. The first-order valence-corrected chi connectivity index (χ1v) is 6.49. The fourth-order valence-corrected chi connectivity index (χ4v) is 2.65. The molecule has 96 valence electrons. The number of benzene rings is 1. The van der Waals surface area contributed by atoms with Crippen molar-refractivity contribution in [1.29, 1.82) is 5.26 Å². The van der Waals surface area contributed by atoms with E-state index in [1.807, 2.05) is 31.3 Å². The maximum atomic E-state index is 9.39. The van der Waals surface area contributed by atoms with E-state index in [9.17, 15) is 5.26 Å². The van der Waals surface area contributed by atoms with Crippen LogP contribution in [0.25, 0.3) is 0 Å². The molecule has 1 aliphatic rings. The third kappa shape index (κ3) is 1.96. The molecule has 0 radical (unpaired) electrons. The molecule has 0 atom stereocenters. The Hall–Kier alpha value is -1.99. The highest BCUT2D eigenvalue weighted by Gasteiger charge is 2.47. The Balaban J connectivity index is 2.05. The minimum Gasteiger partial charge on any atom is -0.340 e. The molecule has 0 saturated heterocycles. The molecule has 0 spiro atoms. The number of rotatable bonds is 3. The van der Waals surface area contributed by atoms with E-state index in [2.05, 4.69) is 16.5 Å². The van der Waals surface area contributed by atoms with Crippen LogP contribution < -0.4 is 5.32 Å². The van der Waals surface area contributed by atoms with E-state index in [4.69, 9.17) is 11.6 Å². The summed E-state index contributed by atoms with van der Waals surface area (Å²) in [5, 5.41) is 17.5. The summed E-state index contributed by atoms with van der Waals surface area (Å²) in [6.45, 7) is 0. The first kappa shape index (κ1) is 12.1. The van der Waals surface area contributed by atoms with Gasteiger partial charge in [0, 0.05) is 29.4 Å². The van der Waals surface area contributed by atoms with Gasteiger partial charge in [-0.25, -0.2) is 0 Å². The maximum Gasteiger partial charge on any atom is 0.128 e. The summed E-state index contributed by atoms with van der Waals surface area (Å²) in [5.74, 6) is 0.872. The van der Waals surface area contributed by atoms with Crippen molar-refractivity contribution in [2.75, 3.05) is 5.32 Å². The summed E-state index contributed by atoms with van der Waals surface area (Å²) < 4.78 is 1.75. The minimum atomic E-state index is -0.417. The molecule has 1 aromatic carbocycles. The molecule has 3 rings (SSSR count). The average Bonchev–Trinajstić information content (AvgIpc) is 3.09. The summed E-state index contributed by atoms with van der Waals surface area (Å²) in [4.78, 5) is 0. The van der Waals surface area contributed by atoms with E-state index in [0.29, 0.717) is 5.02 Å². The zero-order chi connectivity index (χ0) is 13.5. The van der Waals surface area contributed by atoms with E-state index >= 15 is 0 Å². The molecule has 0 aliphatic heterocycles. The molecular weight excluding hydrogens is 260 g/mol. The number of hydrogen-bond acceptors (Lipinski definition) is 3. The zero-order valence-corrected chi connectivity index (χ0v) is 11.3. The molecule has 0 amide bonds. The number of nitrogens with zero attached hydrogens (tertiary/aromatic N) is 3. The second-order valence-corrected chi connectivity index (χ2v) is 5.23. The molecule has 5 heteroatoms. The normalized spacial score (nSPS) is 15.8. The maximum absolute atomic E-state index is 9.39. The number of aryl methyl sites for hydroxylation is 1. The largest absolute Gasteiger partial charge is 0.340 e. The summed E-state index contributed by atoms with van der Waals surface area (Å²) in [6, 6.07) is 9.96. The number of aromatic nitrogens is 2. The Morgan fingerprint density at radius 3 is 2.79 bits per heavy atom. The van der Waals surface area contributed by atoms with Gasteiger partial charge >= 0.3 is 0 Å². The Morgan fingerprint density at radius 2 is 2.21 bits per heavy atom. The van der Waals surface area contributed by atoms with Gasteiger partial charge in [0.05, 0.1) is 17.7 Å². The topological polar surface area (TPSA) is 53.6 Å². The van der Waals surface area contributed by atoms with Crippen LogP contribution in [0.1, 0.15) is 18.4 Å². The quantitative estimate of drug-likeness (QED) is 0.932. The Bertz CT molecular complexity index is 664. The van der Waals surface area contributed by atoms with Crippen LogP contribution in [-0.2, 0) is 12.5 Å². The van der Waals surface area contributed by atoms with E-state index in [0.717, 1.165) is 29.9 Å². The third-order valence-corrected chi connectivity index (χ3v) is 3.85. The van der Waals surface area contributed by atoms with Crippen LogP contribution in [0.15, 0.2) is 30.5 Å². The van der Waals surface area contributed by atoms with Crippen molar-refractivity contribution >= 4 is 23.1 Å². The SMILES string of the molecule is Cn1nccc1Nc1cccc(Cl)c1C1(C#N)CC1. The van der Waals surface area contributed by atoms with Gasteiger partial charge < -0.3 is 5.32 Å². The molecular formula is C14H13ClN4.